The average Bonchev–Trinajstić information content (AvgIpc) is 3.02. The van der Waals surface area contributed by atoms with Crippen LogP contribution in [0.5, 0.6) is 0 Å². The molecule has 2 heterocycles. The van der Waals surface area contributed by atoms with Gasteiger partial charge in [0.1, 0.15) is 11.0 Å². The number of benzene rings is 1. The van der Waals surface area contributed by atoms with Crippen LogP contribution in [0.1, 0.15) is 32.2 Å². The highest BCUT2D eigenvalue weighted by Crippen LogP contribution is 2.36. The van der Waals surface area contributed by atoms with E-state index in [4.69, 9.17) is 51.1 Å². The van der Waals surface area contributed by atoms with Crippen LogP contribution < -0.4 is 0 Å². The lowest BCUT2D eigenvalue weighted by Crippen LogP contribution is -2.16. The highest BCUT2D eigenvalue weighted by molar-refractivity contribution is 6.52. The van der Waals surface area contributed by atoms with Gasteiger partial charge in [-0.2, -0.15) is 0 Å². The fourth-order valence-corrected chi connectivity index (χ4v) is 3.74. The van der Waals surface area contributed by atoms with E-state index in [0.29, 0.717) is 16.9 Å². The molecule has 0 saturated carbocycles. The van der Waals surface area contributed by atoms with Gasteiger partial charge in [0.15, 0.2) is 12.3 Å². The second kappa shape index (κ2) is 8.94. The van der Waals surface area contributed by atoms with Gasteiger partial charge < -0.3 is 9.30 Å². The van der Waals surface area contributed by atoms with Gasteiger partial charge in [-0.1, -0.05) is 46.4 Å². The van der Waals surface area contributed by atoms with Crippen LogP contribution in [-0.4, -0.2) is 27.9 Å². The quantitative estimate of drug-likeness (QED) is 0.240. The Balaban J connectivity index is 1.80. The number of ether oxygens (including phenoxy) is 1. The summed E-state index contributed by atoms with van der Waals surface area (Å²) in [5, 5.41) is -0.672. The minimum Gasteiger partial charge on any atom is -0.453 e. The number of ketones is 1. The van der Waals surface area contributed by atoms with Crippen LogP contribution in [0.2, 0.25) is 20.2 Å². The number of carbonyl (C=O) groups excluding carboxylic acids is 2. The van der Waals surface area contributed by atoms with E-state index < -0.39 is 18.4 Å². The zero-order chi connectivity index (χ0) is 22.2. The van der Waals surface area contributed by atoms with Crippen molar-refractivity contribution >= 4 is 58.2 Å². The number of hydrogen-bond acceptors (Lipinski definition) is 4. The van der Waals surface area contributed by atoms with Gasteiger partial charge in [0, 0.05) is 22.6 Å². The molecule has 0 saturated heterocycles. The third-order valence-corrected chi connectivity index (χ3v) is 6.01. The molecule has 0 fully saturated rings. The summed E-state index contributed by atoms with van der Waals surface area (Å²) in [5.41, 5.74) is 2.09. The number of nitrogens with zero attached hydrogens (tertiary/aromatic N) is 2. The standard InChI is InChI=1S/C20H13Cl4FN2O3/c1-9-7-13(10(2)27(9)12-5-3-11(25)4-6-12)14(28)8-30-20(29)18-16(22)15(21)17(23)19(24)26-18/h3-7H,8H2,1-2H3. The molecule has 156 valence electrons. The maximum absolute atomic E-state index is 13.2. The molecule has 0 radical (unpaired) electrons. The number of pyridine rings is 1. The van der Waals surface area contributed by atoms with Crippen molar-refractivity contribution in [3.05, 3.63) is 79.0 Å². The molecule has 1 aromatic carbocycles. The van der Waals surface area contributed by atoms with Crippen molar-refractivity contribution in [3.8, 4) is 5.69 Å². The molecule has 10 heteroatoms. The first-order chi connectivity index (χ1) is 14.1. The summed E-state index contributed by atoms with van der Waals surface area (Å²) in [5.74, 6) is -1.77. The van der Waals surface area contributed by atoms with Gasteiger partial charge in [0.25, 0.3) is 0 Å². The molecule has 0 unspecified atom stereocenters. The number of carbonyl (C=O) groups is 2. The maximum atomic E-state index is 13.2. The van der Waals surface area contributed by atoms with Crippen LogP contribution in [0.3, 0.4) is 0 Å². The zero-order valence-corrected chi connectivity index (χ0v) is 18.6. The first kappa shape index (κ1) is 22.6. The predicted molar refractivity (Wildman–Crippen MR) is 114 cm³/mol. The SMILES string of the molecule is Cc1cc(C(=O)COC(=O)c2nc(Cl)c(Cl)c(Cl)c2Cl)c(C)n1-c1ccc(F)cc1. The number of rotatable bonds is 5. The van der Waals surface area contributed by atoms with Gasteiger partial charge in [-0.15, -0.1) is 0 Å². The van der Waals surface area contributed by atoms with E-state index in [2.05, 4.69) is 4.98 Å². The number of aryl methyl sites for hydroxylation is 1. The van der Waals surface area contributed by atoms with Crippen molar-refractivity contribution in [2.24, 2.45) is 0 Å². The number of Topliss-reactive ketones (excluding diaryl/α,β-unsaturated/α-hetero) is 1. The molecule has 2 aromatic heterocycles. The molecule has 0 aliphatic heterocycles. The Morgan fingerprint density at radius 2 is 1.67 bits per heavy atom. The Kier molecular flexibility index (Phi) is 6.72. The minimum atomic E-state index is -0.971. The van der Waals surface area contributed by atoms with Crippen molar-refractivity contribution in [2.45, 2.75) is 13.8 Å². The Hall–Kier alpha value is -2.12. The van der Waals surface area contributed by atoms with Crippen LogP contribution in [-0.2, 0) is 4.74 Å². The highest BCUT2D eigenvalue weighted by Gasteiger charge is 2.23. The molecular formula is C20H13Cl4FN2O3. The Morgan fingerprint density at radius 1 is 1.03 bits per heavy atom. The molecule has 3 aromatic rings. The second-order valence-corrected chi connectivity index (χ2v) is 7.78. The molecule has 0 amide bonds. The van der Waals surface area contributed by atoms with E-state index in [0.717, 1.165) is 5.69 Å². The number of hydrogen-bond donors (Lipinski definition) is 0. The van der Waals surface area contributed by atoms with Gasteiger partial charge >= 0.3 is 5.97 Å². The lowest BCUT2D eigenvalue weighted by Gasteiger charge is -2.10. The number of aromatic nitrogens is 2. The largest absolute Gasteiger partial charge is 0.453 e. The fourth-order valence-electron chi connectivity index (χ4n) is 2.93. The summed E-state index contributed by atoms with van der Waals surface area (Å²) in [6.07, 6.45) is 0. The van der Waals surface area contributed by atoms with Crippen LogP contribution in [0.15, 0.2) is 30.3 Å². The third-order valence-electron chi connectivity index (χ3n) is 4.33. The molecule has 0 aliphatic carbocycles. The van der Waals surface area contributed by atoms with E-state index in [1.165, 1.54) is 12.1 Å². The molecule has 30 heavy (non-hydrogen) atoms. The Labute approximate surface area is 191 Å². The second-order valence-electron chi connectivity index (χ2n) is 6.29. The molecule has 5 nitrogen and oxygen atoms in total. The van der Waals surface area contributed by atoms with Crippen LogP contribution in [0.4, 0.5) is 4.39 Å². The fraction of sp³-hybridized carbons (Fsp3) is 0.150. The van der Waals surface area contributed by atoms with E-state index >= 15 is 0 Å². The number of esters is 1. The molecule has 3 rings (SSSR count). The highest BCUT2D eigenvalue weighted by atomic mass is 35.5. The van der Waals surface area contributed by atoms with Crippen molar-refractivity contribution in [2.75, 3.05) is 6.61 Å². The van der Waals surface area contributed by atoms with Crippen molar-refractivity contribution in [3.63, 3.8) is 0 Å². The summed E-state index contributed by atoms with van der Waals surface area (Å²) in [7, 11) is 0. The first-order valence-electron chi connectivity index (χ1n) is 8.47. The first-order valence-corrected chi connectivity index (χ1v) is 9.98. The lowest BCUT2D eigenvalue weighted by atomic mass is 10.1. The Bertz CT molecular complexity index is 1160. The van der Waals surface area contributed by atoms with Crippen molar-refractivity contribution in [1.82, 2.24) is 9.55 Å². The summed E-state index contributed by atoms with van der Waals surface area (Å²) < 4.78 is 20.0. The normalized spacial score (nSPS) is 10.9. The summed E-state index contributed by atoms with van der Waals surface area (Å²) >= 11 is 23.5. The van der Waals surface area contributed by atoms with Crippen molar-refractivity contribution < 1.29 is 18.7 Å². The molecule has 0 bridgehead atoms. The van der Waals surface area contributed by atoms with Crippen LogP contribution in [0.25, 0.3) is 5.69 Å². The monoisotopic (exact) mass is 488 g/mol. The summed E-state index contributed by atoms with van der Waals surface area (Å²) in [6.45, 7) is 2.99. The van der Waals surface area contributed by atoms with Gasteiger partial charge in [0.05, 0.1) is 15.1 Å². The Morgan fingerprint density at radius 3 is 2.30 bits per heavy atom. The molecule has 0 aliphatic rings. The molecule has 0 atom stereocenters. The van der Waals surface area contributed by atoms with E-state index in [1.54, 1.807) is 36.6 Å². The predicted octanol–water partition coefficient (Wildman–Crippen LogP) is 6.28. The van der Waals surface area contributed by atoms with Gasteiger partial charge in [-0.3, -0.25) is 4.79 Å². The van der Waals surface area contributed by atoms with Gasteiger partial charge in [-0.05, 0) is 44.2 Å². The smallest absolute Gasteiger partial charge is 0.359 e. The summed E-state index contributed by atoms with van der Waals surface area (Å²) in [6, 6.07) is 7.53. The van der Waals surface area contributed by atoms with E-state index in [1.807, 2.05) is 0 Å². The third kappa shape index (κ3) is 4.32. The minimum absolute atomic E-state index is 0.0933. The molecule has 0 spiro atoms. The molecule has 0 N–H and O–H groups in total. The lowest BCUT2D eigenvalue weighted by molar-refractivity contribution is 0.0469. The van der Waals surface area contributed by atoms with Crippen molar-refractivity contribution in [1.29, 1.82) is 0 Å². The van der Waals surface area contributed by atoms with Crippen LogP contribution >= 0.6 is 46.4 Å². The maximum Gasteiger partial charge on any atom is 0.359 e. The average molecular weight is 490 g/mol. The number of halogens is 5. The molecular weight excluding hydrogens is 477 g/mol. The van der Waals surface area contributed by atoms with Crippen LogP contribution in [0, 0.1) is 19.7 Å². The van der Waals surface area contributed by atoms with Gasteiger partial charge in [-0.25, -0.2) is 14.2 Å². The zero-order valence-electron chi connectivity index (χ0n) is 15.6. The van der Waals surface area contributed by atoms with Gasteiger partial charge in [0.2, 0.25) is 5.78 Å². The summed E-state index contributed by atoms with van der Waals surface area (Å²) in [4.78, 5) is 28.7. The van der Waals surface area contributed by atoms with E-state index in [9.17, 15) is 14.0 Å². The van der Waals surface area contributed by atoms with E-state index in [-0.39, 0.29) is 31.7 Å². The topological polar surface area (TPSA) is 61.2 Å².